The van der Waals surface area contributed by atoms with Gasteiger partial charge in [0.25, 0.3) is 0 Å². The predicted molar refractivity (Wildman–Crippen MR) is 88.6 cm³/mol. The minimum atomic E-state index is -0.114. The molecule has 4 aromatic rings. The summed E-state index contributed by atoms with van der Waals surface area (Å²) in [6, 6.07) is 14.1. The number of hydrogen-bond donors (Lipinski definition) is 1. The Morgan fingerprint density at radius 2 is 2.09 bits per heavy atom. The molecular weight excluding hydrogens is 296 g/mol. The molecule has 2 aromatic carbocycles. The van der Waals surface area contributed by atoms with E-state index in [0.717, 1.165) is 26.8 Å². The number of nitrogens with one attached hydrogen (secondary N) is 1. The van der Waals surface area contributed by atoms with Gasteiger partial charge in [0.1, 0.15) is 0 Å². The standard InChI is InChI=1S/C16H12N4OS/c1-10(21)18-16-19-13-7-6-12(8-15(13)22-16)20-14-5-3-2-4-11(14)9-17-20/h2-9H,1H3,(H,18,19,21). The summed E-state index contributed by atoms with van der Waals surface area (Å²) in [4.78, 5) is 15.5. The molecule has 6 heteroatoms. The highest BCUT2D eigenvalue weighted by Crippen LogP contribution is 2.28. The number of amides is 1. The molecule has 0 saturated carbocycles. The molecule has 0 atom stereocenters. The molecule has 4 rings (SSSR count). The van der Waals surface area contributed by atoms with E-state index in [9.17, 15) is 4.79 Å². The van der Waals surface area contributed by atoms with Crippen molar-refractivity contribution < 1.29 is 4.79 Å². The Labute approximate surface area is 130 Å². The lowest BCUT2D eigenvalue weighted by molar-refractivity contribution is -0.114. The van der Waals surface area contributed by atoms with Crippen LogP contribution in [0.4, 0.5) is 5.13 Å². The van der Waals surface area contributed by atoms with Crippen LogP contribution in [0.1, 0.15) is 6.92 Å². The second kappa shape index (κ2) is 4.92. The molecule has 2 heterocycles. The fraction of sp³-hybridized carbons (Fsp3) is 0.0625. The third-order valence-corrected chi connectivity index (χ3v) is 4.31. The molecule has 1 amide bonds. The third-order valence-electron chi connectivity index (χ3n) is 3.38. The summed E-state index contributed by atoms with van der Waals surface area (Å²) in [6.45, 7) is 1.48. The van der Waals surface area contributed by atoms with Gasteiger partial charge in [0.15, 0.2) is 5.13 Å². The number of thiazole rings is 1. The van der Waals surface area contributed by atoms with Gasteiger partial charge in [-0.3, -0.25) is 4.79 Å². The topological polar surface area (TPSA) is 59.8 Å². The first-order chi connectivity index (χ1) is 10.7. The Hall–Kier alpha value is -2.73. The van der Waals surface area contributed by atoms with Gasteiger partial charge in [-0.15, -0.1) is 0 Å². The molecule has 0 aliphatic carbocycles. The number of hydrogen-bond acceptors (Lipinski definition) is 4. The molecule has 0 aliphatic heterocycles. The minimum absolute atomic E-state index is 0.114. The molecule has 0 fully saturated rings. The average Bonchev–Trinajstić information content (AvgIpc) is 3.08. The van der Waals surface area contributed by atoms with Gasteiger partial charge in [0.2, 0.25) is 5.91 Å². The number of anilines is 1. The molecule has 1 N–H and O–H groups in total. The van der Waals surface area contributed by atoms with Crippen molar-refractivity contribution in [3.8, 4) is 5.69 Å². The lowest BCUT2D eigenvalue weighted by Gasteiger charge is -2.03. The monoisotopic (exact) mass is 308 g/mol. The summed E-state index contributed by atoms with van der Waals surface area (Å²) in [7, 11) is 0. The van der Waals surface area contributed by atoms with Crippen LogP contribution >= 0.6 is 11.3 Å². The lowest BCUT2D eigenvalue weighted by Crippen LogP contribution is -2.04. The molecule has 108 valence electrons. The number of carbonyl (C=O) groups is 1. The molecule has 5 nitrogen and oxygen atoms in total. The quantitative estimate of drug-likeness (QED) is 0.615. The van der Waals surface area contributed by atoms with E-state index >= 15 is 0 Å². The smallest absolute Gasteiger partial charge is 0.223 e. The zero-order valence-electron chi connectivity index (χ0n) is 11.8. The van der Waals surface area contributed by atoms with Crippen molar-refractivity contribution in [2.24, 2.45) is 0 Å². The largest absolute Gasteiger partial charge is 0.302 e. The van der Waals surface area contributed by atoms with E-state index < -0.39 is 0 Å². The third kappa shape index (κ3) is 2.14. The first-order valence-electron chi connectivity index (χ1n) is 6.82. The Balaban J connectivity index is 1.83. The second-order valence-electron chi connectivity index (χ2n) is 4.97. The molecule has 0 unspecified atom stereocenters. The van der Waals surface area contributed by atoms with Gasteiger partial charge in [-0.25, -0.2) is 9.67 Å². The molecule has 0 bridgehead atoms. The second-order valence-corrected chi connectivity index (χ2v) is 6.00. The van der Waals surface area contributed by atoms with Gasteiger partial charge in [0.05, 0.1) is 27.6 Å². The number of carbonyl (C=O) groups excluding carboxylic acids is 1. The van der Waals surface area contributed by atoms with Crippen LogP contribution in [0.25, 0.3) is 26.8 Å². The number of fused-ring (bicyclic) bond motifs is 2. The SMILES string of the molecule is CC(=O)Nc1nc2ccc(-n3ncc4ccccc43)cc2s1. The maximum Gasteiger partial charge on any atom is 0.223 e. The summed E-state index contributed by atoms with van der Waals surface area (Å²) >= 11 is 1.46. The molecule has 0 spiro atoms. The summed E-state index contributed by atoms with van der Waals surface area (Å²) in [5, 5.41) is 8.90. The Morgan fingerprint density at radius 3 is 2.95 bits per heavy atom. The maximum atomic E-state index is 11.1. The number of rotatable bonds is 2. The Morgan fingerprint density at radius 1 is 1.23 bits per heavy atom. The van der Waals surface area contributed by atoms with Crippen LogP contribution in [0.3, 0.4) is 0 Å². The van der Waals surface area contributed by atoms with Gasteiger partial charge >= 0.3 is 0 Å². The van der Waals surface area contributed by atoms with E-state index in [2.05, 4.69) is 15.4 Å². The highest BCUT2D eigenvalue weighted by Gasteiger charge is 2.09. The van der Waals surface area contributed by atoms with Crippen molar-refractivity contribution in [3.63, 3.8) is 0 Å². The predicted octanol–water partition coefficient (Wildman–Crippen LogP) is 3.59. The van der Waals surface area contributed by atoms with Crippen LogP contribution in [-0.4, -0.2) is 20.7 Å². The van der Waals surface area contributed by atoms with Crippen molar-refractivity contribution in [3.05, 3.63) is 48.7 Å². The van der Waals surface area contributed by atoms with E-state index in [-0.39, 0.29) is 5.91 Å². The summed E-state index contributed by atoms with van der Waals surface area (Å²) in [5.74, 6) is -0.114. The van der Waals surface area contributed by atoms with Crippen molar-refractivity contribution in [1.82, 2.24) is 14.8 Å². The molecule has 0 saturated heterocycles. The van der Waals surface area contributed by atoms with E-state index in [1.165, 1.54) is 18.3 Å². The fourth-order valence-electron chi connectivity index (χ4n) is 2.43. The lowest BCUT2D eigenvalue weighted by atomic mass is 10.2. The van der Waals surface area contributed by atoms with E-state index in [1.807, 2.05) is 53.3 Å². The van der Waals surface area contributed by atoms with Crippen molar-refractivity contribution in [2.45, 2.75) is 6.92 Å². The van der Waals surface area contributed by atoms with Gasteiger partial charge in [-0.1, -0.05) is 29.5 Å². The van der Waals surface area contributed by atoms with Gasteiger partial charge in [-0.2, -0.15) is 5.10 Å². The molecular formula is C16H12N4OS. The van der Waals surface area contributed by atoms with Gasteiger partial charge in [0, 0.05) is 12.3 Å². The van der Waals surface area contributed by atoms with Crippen LogP contribution in [0, 0.1) is 0 Å². The molecule has 0 radical (unpaired) electrons. The molecule has 2 aromatic heterocycles. The van der Waals surface area contributed by atoms with E-state index in [4.69, 9.17) is 0 Å². The zero-order valence-corrected chi connectivity index (χ0v) is 12.6. The summed E-state index contributed by atoms with van der Waals surface area (Å²) < 4.78 is 2.92. The van der Waals surface area contributed by atoms with Gasteiger partial charge in [-0.05, 0) is 24.3 Å². The number of aromatic nitrogens is 3. The molecule has 0 aliphatic rings. The van der Waals surface area contributed by atoms with Crippen molar-refractivity contribution in [1.29, 1.82) is 0 Å². The van der Waals surface area contributed by atoms with Crippen LogP contribution in [0.5, 0.6) is 0 Å². The van der Waals surface area contributed by atoms with Gasteiger partial charge < -0.3 is 5.32 Å². The Kier molecular flexibility index (Phi) is 2.90. The number of nitrogens with zero attached hydrogens (tertiary/aromatic N) is 3. The minimum Gasteiger partial charge on any atom is -0.302 e. The summed E-state index contributed by atoms with van der Waals surface area (Å²) in [6.07, 6.45) is 1.86. The Bertz CT molecular complexity index is 1000. The van der Waals surface area contributed by atoms with Crippen molar-refractivity contribution >= 4 is 43.5 Å². The van der Waals surface area contributed by atoms with Crippen LogP contribution < -0.4 is 5.32 Å². The van der Waals surface area contributed by atoms with Crippen LogP contribution in [-0.2, 0) is 4.79 Å². The summed E-state index contributed by atoms with van der Waals surface area (Å²) in [5.41, 5.74) is 2.91. The highest BCUT2D eigenvalue weighted by atomic mass is 32.1. The van der Waals surface area contributed by atoms with Crippen LogP contribution in [0.2, 0.25) is 0 Å². The normalized spacial score (nSPS) is 11.1. The maximum absolute atomic E-state index is 11.1. The first kappa shape index (κ1) is 13.0. The highest BCUT2D eigenvalue weighted by molar-refractivity contribution is 7.22. The van der Waals surface area contributed by atoms with E-state index in [1.54, 1.807) is 0 Å². The van der Waals surface area contributed by atoms with Crippen LogP contribution in [0.15, 0.2) is 48.7 Å². The molecule has 22 heavy (non-hydrogen) atoms. The first-order valence-corrected chi connectivity index (χ1v) is 7.64. The van der Waals surface area contributed by atoms with Crippen molar-refractivity contribution in [2.75, 3.05) is 5.32 Å². The fourth-order valence-corrected chi connectivity index (χ4v) is 3.37. The van der Waals surface area contributed by atoms with E-state index in [0.29, 0.717) is 5.13 Å². The number of para-hydroxylation sites is 1. The zero-order chi connectivity index (χ0) is 15.1. The average molecular weight is 308 g/mol. The number of benzene rings is 2.